The number of hydrogen-bond donors (Lipinski definition) is 0. The van der Waals surface area contributed by atoms with Gasteiger partial charge in [-0.1, -0.05) is 42.1 Å². The highest BCUT2D eigenvalue weighted by molar-refractivity contribution is 7.99. The van der Waals surface area contributed by atoms with Gasteiger partial charge in [0.2, 0.25) is 0 Å². The maximum atomic E-state index is 12.4. The Labute approximate surface area is 165 Å². The van der Waals surface area contributed by atoms with E-state index < -0.39 is 12.6 Å². The molecular weight excluding hydrogens is 378 g/mol. The van der Waals surface area contributed by atoms with Gasteiger partial charge in [0.05, 0.1) is 12.5 Å². The molecule has 0 atom stereocenters. The number of benzene rings is 2. The molecule has 0 aliphatic heterocycles. The van der Waals surface area contributed by atoms with Crippen molar-refractivity contribution in [2.75, 3.05) is 23.8 Å². The lowest BCUT2D eigenvalue weighted by Gasteiger charge is -2.21. The number of para-hydroxylation sites is 3. The number of amides is 1. The first-order chi connectivity index (χ1) is 13.7. The summed E-state index contributed by atoms with van der Waals surface area (Å²) in [4.78, 5) is 30.1. The zero-order valence-corrected chi connectivity index (χ0v) is 15.7. The van der Waals surface area contributed by atoms with Gasteiger partial charge in [0.25, 0.3) is 11.1 Å². The first-order valence-electron chi connectivity index (χ1n) is 8.54. The van der Waals surface area contributed by atoms with E-state index in [2.05, 4.69) is 4.98 Å². The minimum atomic E-state index is -0.547. The molecule has 0 unspecified atom stereocenters. The number of fused-ring (bicyclic) bond motifs is 1. The van der Waals surface area contributed by atoms with E-state index in [1.54, 1.807) is 30.3 Å². The number of ether oxygens (including phenoxy) is 1. The van der Waals surface area contributed by atoms with Gasteiger partial charge >= 0.3 is 5.97 Å². The minimum Gasteiger partial charge on any atom is -0.455 e. The second-order valence-electron chi connectivity index (χ2n) is 5.69. The largest absolute Gasteiger partial charge is 0.455 e. The topological polar surface area (TPSA) is 96.4 Å². The molecule has 0 bridgehead atoms. The number of thioether (sulfide) groups is 1. The zero-order valence-electron chi connectivity index (χ0n) is 14.9. The van der Waals surface area contributed by atoms with Crippen LogP contribution in [0.2, 0.25) is 0 Å². The van der Waals surface area contributed by atoms with Gasteiger partial charge in [-0.2, -0.15) is 5.26 Å². The summed E-state index contributed by atoms with van der Waals surface area (Å²) in [6, 6.07) is 18.3. The van der Waals surface area contributed by atoms with E-state index in [-0.39, 0.29) is 24.6 Å². The molecule has 0 radical (unpaired) electrons. The Morgan fingerprint density at radius 1 is 1.14 bits per heavy atom. The number of hydrogen-bond acceptors (Lipinski definition) is 7. The molecule has 1 aromatic heterocycles. The highest BCUT2D eigenvalue weighted by Crippen LogP contribution is 2.23. The van der Waals surface area contributed by atoms with Crippen molar-refractivity contribution in [1.82, 2.24) is 4.98 Å². The number of anilines is 1. The Hall–Kier alpha value is -3.31. The van der Waals surface area contributed by atoms with E-state index in [1.165, 1.54) is 4.90 Å². The van der Waals surface area contributed by atoms with Crippen molar-refractivity contribution in [3.8, 4) is 6.07 Å². The second kappa shape index (κ2) is 9.58. The van der Waals surface area contributed by atoms with Crippen LogP contribution in [0.5, 0.6) is 0 Å². The molecule has 1 amide bonds. The molecular formula is C20H17N3O4S. The number of rotatable bonds is 8. The van der Waals surface area contributed by atoms with Crippen LogP contribution in [0.1, 0.15) is 6.42 Å². The third-order valence-corrected chi connectivity index (χ3v) is 4.56. The van der Waals surface area contributed by atoms with E-state index in [0.29, 0.717) is 22.0 Å². The van der Waals surface area contributed by atoms with Gasteiger partial charge in [0.15, 0.2) is 12.2 Å². The molecule has 0 aliphatic carbocycles. The van der Waals surface area contributed by atoms with Gasteiger partial charge in [0.1, 0.15) is 11.3 Å². The van der Waals surface area contributed by atoms with Gasteiger partial charge in [-0.3, -0.25) is 9.59 Å². The summed E-state index contributed by atoms with van der Waals surface area (Å²) < 4.78 is 10.6. The van der Waals surface area contributed by atoms with E-state index in [9.17, 15) is 9.59 Å². The number of esters is 1. The van der Waals surface area contributed by atoms with Crippen molar-refractivity contribution in [1.29, 1.82) is 5.26 Å². The molecule has 3 rings (SSSR count). The maximum Gasteiger partial charge on any atom is 0.316 e. The summed E-state index contributed by atoms with van der Waals surface area (Å²) in [7, 11) is 0. The first kappa shape index (κ1) is 19.5. The predicted molar refractivity (Wildman–Crippen MR) is 105 cm³/mol. The SMILES string of the molecule is N#CCCN(C(=O)COC(=O)CSc1nc2ccccc2o1)c1ccccc1. The van der Waals surface area contributed by atoms with Crippen LogP contribution >= 0.6 is 11.8 Å². The molecule has 7 nitrogen and oxygen atoms in total. The van der Waals surface area contributed by atoms with E-state index in [1.807, 2.05) is 30.3 Å². The summed E-state index contributed by atoms with van der Waals surface area (Å²) in [6.45, 7) is -0.165. The first-order valence-corrected chi connectivity index (χ1v) is 9.52. The van der Waals surface area contributed by atoms with Crippen molar-refractivity contribution >= 4 is 40.4 Å². The summed E-state index contributed by atoms with van der Waals surface area (Å²) in [5, 5.41) is 9.17. The zero-order chi connectivity index (χ0) is 19.8. The molecule has 0 aliphatic rings. The van der Waals surface area contributed by atoms with Crippen LogP contribution < -0.4 is 4.90 Å². The van der Waals surface area contributed by atoms with Crippen LogP contribution in [0.15, 0.2) is 64.2 Å². The lowest BCUT2D eigenvalue weighted by atomic mass is 10.2. The Bertz CT molecular complexity index is 964. The molecule has 8 heteroatoms. The smallest absolute Gasteiger partial charge is 0.316 e. The molecule has 0 N–H and O–H groups in total. The molecule has 142 valence electrons. The van der Waals surface area contributed by atoms with Crippen LogP contribution in [0, 0.1) is 11.3 Å². The predicted octanol–water partition coefficient (Wildman–Crippen LogP) is 3.41. The molecule has 3 aromatic rings. The molecule has 0 saturated heterocycles. The lowest BCUT2D eigenvalue weighted by molar-refractivity contribution is -0.145. The van der Waals surface area contributed by atoms with Gasteiger partial charge < -0.3 is 14.1 Å². The molecule has 0 saturated carbocycles. The van der Waals surface area contributed by atoms with Crippen LogP contribution in [0.3, 0.4) is 0 Å². The minimum absolute atomic E-state index is 0.0242. The van der Waals surface area contributed by atoms with E-state index in [4.69, 9.17) is 14.4 Å². The van der Waals surface area contributed by atoms with Gasteiger partial charge in [-0.05, 0) is 24.3 Å². The van der Waals surface area contributed by atoms with Crippen LogP contribution in [-0.2, 0) is 14.3 Å². The number of carbonyl (C=O) groups excluding carboxylic acids is 2. The standard InChI is InChI=1S/C20H17N3O4S/c21-11-6-12-23(15-7-2-1-3-8-15)18(24)13-26-19(25)14-28-20-22-16-9-4-5-10-17(16)27-20/h1-5,7-10H,6,12-14H2. The Morgan fingerprint density at radius 3 is 2.64 bits per heavy atom. The second-order valence-corrected chi connectivity index (χ2v) is 6.61. The number of oxazole rings is 1. The summed E-state index contributed by atoms with van der Waals surface area (Å²) in [5.41, 5.74) is 2.01. The van der Waals surface area contributed by atoms with Crippen LogP contribution in [0.4, 0.5) is 5.69 Å². The molecule has 1 heterocycles. The van der Waals surface area contributed by atoms with Crippen LogP contribution in [-0.4, -0.2) is 35.8 Å². The molecule has 0 spiro atoms. The van der Waals surface area contributed by atoms with Gasteiger partial charge in [-0.25, -0.2) is 4.98 Å². The van der Waals surface area contributed by atoms with E-state index >= 15 is 0 Å². The number of nitriles is 1. The van der Waals surface area contributed by atoms with Gasteiger partial charge in [-0.15, -0.1) is 0 Å². The number of carbonyl (C=O) groups is 2. The van der Waals surface area contributed by atoms with Crippen molar-refractivity contribution in [3.63, 3.8) is 0 Å². The Balaban J connectivity index is 1.52. The highest BCUT2D eigenvalue weighted by Gasteiger charge is 2.18. The average molecular weight is 395 g/mol. The average Bonchev–Trinajstić information content (AvgIpc) is 3.15. The fourth-order valence-corrected chi connectivity index (χ4v) is 3.10. The highest BCUT2D eigenvalue weighted by atomic mass is 32.2. The van der Waals surface area contributed by atoms with Crippen molar-refractivity contribution < 1.29 is 18.7 Å². The van der Waals surface area contributed by atoms with Crippen LogP contribution in [0.25, 0.3) is 11.1 Å². The fraction of sp³-hybridized carbons (Fsp3) is 0.200. The molecule has 2 aromatic carbocycles. The Kier molecular flexibility index (Phi) is 6.65. The summed E-state index contributed by atoms with van der Waals surface area (Å²) >= 11 is 1.10. The normalized spacial score (nSPS) is 10.4. The Morgan fingerprint density at radius 2 is 1.89 bits per heavy atom. The maximum absolute atomic E-state index is 12.4. The van der Waals surface area contributed by atoms with Gasteiger partial charge in [0, 0.05) is 12.2 Å². The summed E-state index contributed by atoms with van der Waals surface area (Å²) in [6.07, 6.45) is 0.183. The third-order valence-electron chi connectivity index (χ3n) is 3.76. The molecule has 28 heavy (non-hydrogen) atoms. The summed E-state index contributed by atoms with van der Waals surface area (Å²) in [5.74, 6) is -0.959. The van der Waals surface area contributed by atoms with Crippen molar-refractivity contribution in [2.45, 2.75) is 11.6 Å². The number of aromatic nitrogens is 1. The third kappa shape index (κ3) is 5.11. The quantitative estimate of drug-likeness (QED) is 0.426. The van der Waals surface area contributed by atoms with E-state index in [0.717, 1.165) is 11.8 Å². The monoisotopic (exact) mass is 395 g/mol. The van der Waals surface area contributed by atoms with Crippen molar-refractivity contribution in [2.24, 2.45) is 0 Å². The lowest BCUT2D eigenvalue weighted by Crippen LogP contribution is -2.35. The fourth-order valence-electron chi connectivity index (χ4n) is 2.46. The number of nitrogens with zero attached hydrogens (tertiary/aromatic N) is 3. The molecule has 0 fully saturated rings. The van der Waals surface area contributed by atoms with Crippen molar-refractivity contribution in [3.05, 3.63) is 54.6 Å².